The third kappa shape index (κ3) is 3.64. The molecule has 1 saturated heterocycles. The molecule has 1 aromatic carbocycles. The molecule has 1 atom stereocenters. The van der Waals surface area contributed by atoms with Crippen molar-refractivity contribution in [3.05, 3.63) is 46.0 Å². The number of hydrogen-bond acceptors (Lipinski definition) is 5. The number of carbonyl (C=O) groups excluding carboxylic acids is 3. The Balaban J connectivity index is 1.51. The van der Waals surface area contributed by atoms with E-state index in [1.165, 1.54) is 4.88 Å². The van der Waals surface area contributed by atoms with Gasteiger partial charge in [0.15, 0.2) is 5.13 Å². The number of nitrogens with one attached hydrogen (secondary N) is 2. The van der Waals surface area contributed by atoms with Gasteiger partial charge in [-0.3, -0.25) is 19.8 Å². The number of hydrogen-bond donors (Lipinski definition) is 2. The summed E-state index contributed by atoms with van der Waals surface area (Å²) in [6.07, 6.45) is 4.30. The molecule has 146 valence electrons. The molecule has 2 aromatic rings. The van der Waals surface area contributed by atoms with Crippen molar-refractivity contribution >= 4 is 34.3 Å². The smallest absolute Gasteiger partial charge is 0.324 e. The minimum atomic E-state index is -0.432. The van der Waals surface area contributed by atoms with E-state index in [4.69, 9.17) is 0 Å². The molecule has 0 bridgehead atoms. The first-order chi connectivity index (χ1) is 13.5. The van der Waals surface area contributed by atoms with Crippen molar-refractivity contribution in [2.45, 2.75) is 39.2 Å². The maximum absolute atomic E-state index is 12.9. The second-order valence-corrected chi connectivity index (χ2v) is 8.24. The van der Waals surface area contributed by atoms with Gasteiger partial charge in [0.05, 0.1) is 18.8 Å². The zero-order chi connectivity index (χ0) is 19.7. The van der Waals surface area contributed by atoms with Crippen molar-refractivity contribution in [2.75, 3.05) is 11.9 Å². The van der Waals surface area contributed by atoms with Crippen molar-refractivity contribution in [1.29, 1.82) is 0 Å². The van der Waals surface area contributed by atoms with Gasteiger partial charge in [0.2, 0.25) is 5.91 Å². The fourth-order valence-electron chi connectivity index (χ4n) is 3.67. The summed E-state index contributed by atoms with van der Waals surface area (Å²) in [7, 11) is 0. The largest absolute Gasteiger partial charge is 0.329 e. The highest BCUT2D eigenvalue weighted by Gasteiger charge is 2.29. The number of amides is 4. The van der Waals surface area contributed by atoms with Crippen molar-refractivity contribution in [1.82, 2.24) is 15.2 Å². The average molecular weight is 398 g/mol. The van der Waals surface area contributed by atoms with Crippen molar-refractivity contribution < 1.29 is 14.4 Å². The Hall–Kier alpha value is -2.74. The molecule has 2 N–H and O–H groups in total. The number of urea groups is 1. The normalized spacial score (nSPS) is 18.8. The number of thiazole rings is 1. The van der Waals surface area contributed by atoms with E-state index < -0.39 is 6.03 Å². The summed E-state index contributed by atoms with van der Waals surface area (Å²) < 4.78 is 0. The summed E-state index contributed by atoms with van der Waals surface area (Å²) in [6.45, 7) is 2.28. The Morgan fingerprint density at radius 1 is 1.36 bits per heavy atom. The van der Waals surface area contributed by atoms with E-state index >= 15 is 0 Å². The quantitative estimate of drug-likeness (QED) is 0.758. The van der Waals surface area contributed by atoms with E-state index in [0.717, 1.165) is 36.3 Å². The van der Waals surface area contributed by atoms with Crippen LogP contribution in [0.25, 0.3) is 0 Å². The van der Waals surface area contributed by atoms with Crippen molar-refractivity contribution in [3.8, 4) is 0 Å². The van der Waals surface area contributed by atoms with E-state index in [1.807, 2.05) is 0 Å². The second kappa shape index (κ2) is 7.71. The average Bonchev–Trinajstić information content (AvgIpc) is 3.24. The molecule has 7 nitrogen and oxygen atoms in total. The SMILES string of the molecule is CCC1CCc2nc(NC(=O)c3ccccc3CN3C(=O)CNC3=O)sc2C1. The Morgan fingerprint density at radius 2 is 2.18 bits per heavy atom. The molecule has 1 aromatic heterocycles. The van der Waals surface area contributed by atoms with Gasteiger partial charge in [0.25, 0.3) is 5.91 Å². The van der Waals surface area contributed by atoms with Crippen LogP contribution in [0.15, 0.2) is 24.3 Å². The van der Waals surface area contributed by atoms with E-state index in [-0.39, 0.29) is 24.9 Å². The minimum absolute atomic E-state index is 0.00335. The third-order valence-corrected chi connectivity index (χ3v) is 6.40. The molecule has 4 amide bonds. The van der Waals surface area contributed by atoms with Crippen LogP contribution in [0, 0.1) is 5.92 Å². The molecular weight excluding hydrogens is 376 g/mol. The number of carbonyl (C=O) groups is 3. The highest BCUT2D eigenvalue weighted by molar-refractivity contribution is 7.15. The lowest BCUT2D eigenvalue weighted by Crippen LogP contribution is -2.31. The van der Waals surface area contributed by atoms with Crippen LogP contribution in [0.5, 0.6) is 0 Å². The van der Waals surface area contributed by atoms with Crippen LogP contribution in [0.2, 0.25) is 0 Å². The molecule has 2 aliphatic rings. The standard InChI is InChI=1S/C20H22N4O3S/c1-2-12-7-8-15-16(9-12)28-19(22-15)23-18(26)14-6-4-3-5-13(14)11-24-17(25)10-21-20(24)27/h3-6,12H,2,7-11H2,1H3,(H,21,27)(H,22,23,26). The number of aryl methyl sites for hydroxylation is 1. The lowest BCUT2D eigenvalue weighted by Gasteiger charge is -2.18. The minimum Gasteiger partial charge on any atom is -0.329 e. The first-order valence-corrected chi connectivity index (χ1v) is 10.3. The number of aromatic nitrogens is 1. The van der Waals surface area contributed by atoms with Crippen LogP contribution in [0.4, 0.5) is 9.93 Å². The topological polar surface area (TPSA) is 91.4 Å². The number of rotatable bonds is 5. The fourth-order valence-corrected chi connectivity index (χ4v) is 4.79. The Labute approximate surface area is 167 Å². The molecule has 1 aliphatic heterocycles. The molecule has 0 spiro atoms. The van der Waals surface area contributed by atoms with Crippen LogP contribution >= 0.6 is 11.3 Å². The van der Waals surface area contributed by atoms with Crippen LogP contribution in [-0.4, -0.2) is 34.3 Å². The highest BCUT2D eigenvalue weighted by atomic mass is 32.1. The maximum atomic E-state index is 12.9. The van der Waals surface area contributed by atoms with Gasteiger partial charge in [0.1, 0.15) is 0 Å². The Bertz CT molecular complexity index is 923. The highest BCUT2D eigenvalue weighted by Crippen LogP contribution is 2.33. The van der Waals surface area contributed by atoms with Crippen LogP contribution < -0.4 is 10.6 Å². The van der Waals surface area contributed by atoms with Gasteiger partial charge in [-0.25, -0.2) is 9.78 Å². The molecule has 28 heavy (non-hydrogen) atoms. The van der Waals surface area contributed by atoms with Crippen LogP contribution in [0.1, 0.15) is 46.3 Å². The van der Waals surface area contributed by atoms with Gasteiger partial charge in [-0.1, -0.05) is 31.5 Å². The second-order valence-electron chi connectivity index (χ2n) is 7.16. The maximum Gasteiger partial charge on any atom is 0.324 e. The van der Waals surface area contributed by atoms with Gasteiger partial charge in [-0.15, -0.1) is 11.3 Å². The zero-order valence-corrected chi connectivity index (χ0v) is 16.5. The third-order valence-electron chi connectivity index (χ3n) is 5.37. The van der Waals surface area contributed by atoms with E-state index in [1.54, 1.807) is 35.6 Å². The molecule has 4 rings (SSSR count). The number of nitrogens with zero attached hydrogens (tertiary/aromatic N) is 2. The van der Waals surface area contributed by atoms with E-state index in [9.17, 15) is 14.4 Å². The molecule has 0 radical (unpaired) electrons. The van der Waals surface area contributed by atoms with Gasteiger partial charge in [-0.05, 0) is 36.8 Å². The summed E-state index contributed by atoms with van der Waals surface area (Å²) in [5.74, 6) is 0.125. The summed E-state index contributed by atoms with van der Waals surface area (Å²) in [6, 6.07) is 6.58. The number of imide groups is 1. The van der Waals surface area contributed by atoms with Crippen LogP contribution in [0.3, 0.4) is 0 Å². The Kier molecular flexibility index (Phi) is 5.13. The lowest BCUT2D eigenvalue weighted by molar-refractivity contribution is -0.125. The molecule has 8 heteroatoms. The predicted octanol–water partition coefficient (Wildman–Crippen LogP) is 2.96. The monoisotopic (exact) mass is 398 g/mol. The molecule has 1 aliphatic carbocycles. The summed E-state index contributed by atoms with van der Waals surface area (Å²) in [5.41, 5.74) is 2.16. The van der Waals surface area contributed by atoms with Crippen LogP contribution in [-0.2, 0) is 24.2 Å². The number of benzene rings is 1. The predicted molar refractivity (Wildman–Crippen MR) is 106 cm³/mol. The molecule has 1 unspecified atom stereocenters. The summed E-state index contributed by atoms with van der Waals surface area (Å²) in [5, 5.41) is 6.00. The fraction of sp³-hybridized carbons (Fsp3) is 0.400. The zero-order valence-electron chi connectivity index (χ0n) is 15.7. The molecule has 1 fully saturated rings. The Morgan fingerprint density at radius 3 is 2.93 bits per heavy atom. The first-order valence-electron chi connectivity index (χ1n) is 9.51. The number of fused-ring (bicyclic) bond motifs is 1. The van der Waals surface area contributed by atoms with E-state index in [2.05, 4.69) is 22.5 Å². The van der Waals surface area contributed by atoms with Gasteiger partial charge >= 0.3 is 6.03 Å². The van der Waals surface area contributed by atoms with Gasteiger partial charge in [-0.2, -0.15) is 0 Å². The molecule has 0 saturated carbocycles. The van der Waals surface area contributed by atoms with Gasteiger partial charge in [0, 0.05) is 10.4 Å². The lowest BCUT2D eigenvalue weighted by atomic mass is 9.89. The van der Waals surface area contributed by atoms with E-state index in [0.29, 0.717) is 22.2 Å². The van der Waals surface area contributed by atoms with Gasteiger partial charge < -0.3 is 5.32 Å². The molecular formula is C20H22N4O3S. The summed E-state index contributed by atoms with van der Waals surface area (Å²) in [4.78, 5) is 43.5. The van der Waals surface area contributed by atoms with Crippen molar-refractivity contribution in [2.24, 2.45) is 5.92 Å². The first kappa shape index (κ1) is 18.6. The molecule has 2 heterocycles. The number of anilines is 1. The summed E-state index contributed by atoms with van der Waals surface area (Å²) >= 11 is 1.55. The van der Waals surface area contributed by atoms with Crippen molar-refractivity contribution in [3.63, 3.8) is 0 Å².